The second-order valence-corrected chi connectivity index (χ2v) is 17.4. The van der Waals surface area contributed by atoms with Gasteiger partial charge in [0.25, 0.3) is 17.7 Å². The molecular formula is C62H103FN6O9. The van der Waals surface area contributed by atoms with Crippen molar-refractivity contribution in [3.8, 4) is 0 Å². The van der Waals surface area contributed by atoms with E-state index in [4.69, 9.17) is 4.11 Å². The third-order valence-electron chi connectivity index (χ3n) is 9.75. The molecule has 0 aliphatic carbocycles. The first kappa shape index (κ1) is 73.5. The van der Waals surface area contributed by atoms with Crippen LogP contribution in [0, 0.1) is 0 Å². The lowest BCUT2D eigenvalue weighted by Gasteiger charge is -2.29. The molecule has 9 rings (SSSR count). The van der Waals surface area contributed by atoms with Crippen LogP contribution in [0.25, 0.3) is 0 Å². The van der Waals surface area contributed by atoms with E-state index < -0.39 is 53.5 Å². The molecule has 78 heavy (non-hydrogen) atoms. The maximum Gasteiger partial charge on any atom is 0.255 e. The third-order valence-corrected chi connectivity index (χ3v) is 9.75. The van der Waals surface area contributed by atoms with Gasteiger partial charge in [-0.05, 0) is 54.2 Å². The minimum atomic E-state index is -1.69. The smallest absolute Gasteiger partial charge is 0.255 e. The Morgan fingerprint density at radius 1 is 0.385 bits per heavy atom. The normalized spacial score (nSPS) is 20.8. The Bertz CT molecular complexity index is 2160. The van der Waals surface area contributed by atoms with Gasteiger partial charge in [0.1, 0.15) is 18.1 Å². The summed E-state index contributed by atoms with van der Waals surface area (Å²) in [5.74, 6) is -4.30. The summed E-state index contributed by atoms with van der Waals surface area (Å²) in [6.45, 7) is 30.2. The van der Waals surface area contributed by atoms with Gasteiger partial charge in [0.05, 0.1) is 4.11 Å². The van der Waals surface area contributed by atoms with Crippen LogP contribution in [0.5, 0.6) is 0 Å². The molecule has 6 aliphatic heterocycles. The molecule has 3 aromatic carbocycles. The molecule has 3 atom stereocenters. The summed E-state index contributed by atoms with van der Waals surface area (Å²) in [6.07, 6.45) is 7.85. The van der Waals surface area contributed by atoms with Crippen LogP contribution in [-0.4, -0.2) is 85.9 Å². The Labute approximate surface area is 474 Å². The van der Waals surface area contributed by atoms with Gasteiger partial charge in [-0.3, -0.25) is 63.8 Å². The molecule has 15 nitrogen and oxygen atoms in total. The molecule has 0 bridgehead atoms. The Hall–Kier alpha value is -6.58. The van der Waals surface area contributed by atoms with Gasteiger partial charge in [-0.25, -0.2) is 0 Å². The van der Waals surface area contributed by atoms with Crippen molar-refractivity contribution in [3.05, 3.63) is 106 Å². The van der Waals surface area contributed by atoms with E-state index in [1.54, 1.807) is 36.4 Å². The molecule has 3 N–H and O–H groups in total. The van der Waals surface area contributed by atoms with Gasteiger partial charge >= 0.3 is 0 Å². The molecule has 9 amide bonds. The number of piperidine rings is 3. The van der Waals surface area contributed by atoms with Crippen molar-refractivity contribution in [1.82, 2.24) is 30.7 Å². The summed E-state index contributed by atoms with van der Waals surface area (Å²) in [5, 5.41) is 6.40. The van der Waals surface area contributed by atoms with E-state index in [1.165, 1.54) is 53.2 Å². The molecular weight excluding hydrogens is 992 g/mol. The summed E-state index contributed by atoms with van der Waals surface area (Å²) in [5.41, 5.74) is 4.01. The number of hydrogen-bond acceptors (Lipinski definition) is 9. The Morgan fingerprint density at radius 2 is 0.564 bits per heavy atom. The van der Waals surface area contributed by atoms with Crippen molar-refractivity contribution in [2.75, 3.05) is 0 Å². The third kappa shape index (κ3) is 25.3. The number of benzene rings is 3. The Balaban J connectivity index is -0.000000300. The lowest BCUT2D eigenvalue weighted by molar-refractivity contribution is -0.138. The number of halogens is 1. The topological polar surface area (TPSA) is 199 Å². The average Bonchev–Trinajstić information content (AvgIpc) is 4.06. The molecule has 1 unspecified atom stereocenters. The van der Waals surface area contributed by atoms with E-state index >= 15 is 0 Å². The first-order chi connectivity index (χ1) is 36.5. The number of fused-ring (bicyclic) bond motifs is 3. The highest BCUT2D eigenvalue weighted by molar-refractivity contribution is 6.07. The van der Waals surface area contributed by atoms with Gasteiger partial charge in [0, 0.05) is 55.6 Å². The molecule has 442 valence electrons. The van der Waals surface area contributed by atoms with Crippen molar-refractivity contribution in [1.29, 1.82) is 0 Å². The van der Waals surface area contributed by atoms with Crippen LogP contribution < -0.4 is 16.0 Å². The maximum atomic E-state index is 12.3. The van der Waals surface area contributed by atoms with Crippen LogP contribution in [0.3, 0.4) is 0 Å². The summed E-state index contributed by atoms with van der Waals surface area (Å²) in [7, 11) is 0. The highest BCUT2D eigenvalue weighted by atomic mass is 19.0. The fraction of sp³-hybridized carbons (Fsp3) is 0.565. The van der Waals surface area contributed by atoms with E-state index in [2.05, 4.69) is 99.0 Å². The largest absolute Gasteiger partial charge is 0.322 e. The zero-order chi connectivity index (χ0) is 59.1. The first-order valence-corrected chi connectivity index (χ1v) is 26.8. The predicted octanol–water partition coefficient (Wildman–Crippen LogP) is 12.9. The van der Waals surface area contributed by atoms with Crippen molar-refractivity contribution >= 4 is 53.2 Å². The summed E-state index contributed by atoms with van der Waals surface area (Å²) >= 11 is 0. The van der Waals surface area contributed by atoms with Crippen LogP contribution >= 0.6 is 0 Å². The van der Waals surface area contributed by atoms with Crippen molar-refractivity contribution in [2.24, 2.45) is 0 Å². The van der Waals surface area contributed by atoms with Crippen LogP contribution in [0.2, 0.25) is 0 Å². The van der Waals surface area contributed by atoms with Crippen LogP contribution in [0.15, 0.2) is 72.8 Å². The number of carbonyl (C=O) groups excluding carboxylic acids is 9. The molecule has 6 aliphatic rings. The average molecular weight is 1100 g/mol. The fourth-order valence-corrected chi connectivity index (χ4v) is 7.01. The summed E-state index contributed by atoms with van der Waals surface area (Å²) < 4.78 is 24.8. The number of nitrogens with one attached hydrogen (secondary N) is 3. The fourth-order valence-electron chi connectivity index (χ4n) is 7.01. The number of hydrogen-bond donors (Lipinski definition) is 3. The molecule has 3 saturated heterocycles. The zero-order valence-corrected chi connectivity index (χ0v) is 47.5. The lowest BCUT2D eigenvalue weighted by Crippen LogP contribution is -2.52. The van der Waals surface area contributed by atoms with Crippen molar-refractivity contribution in [3.63, 3.8) is 0 Å². The maximum absolute atomic E-state index is 12.3. The molecule has 0 saturated carbocycles. The van der Waals surface area contributed by atoms with Crippen LogP contribution in [-0.2, 0) is 48.4 Å². The Morgan fingerprint density at radius 3 is 0.731 bits per heavy atom. The van der Waals surface area contributed by atoms with Crippen LogP contribution in [0.1, 0.15) is 248 Å². The quantitative estimate of drug-likeness (QED) is 0.214. The summed E-state index contributed by atoms with van der Waals surface area (Å²) in [4.78, 5) is 110. The SMILES string of the molecule is C.C.C.CC.CCC.CCC.CCC.CCC.CCC.CCC.F.[2H]C1(N2Cc3ccccc3C2=O)CCC(=O)NC1=O.[2H][C@@]1(N2Cc3ccccc3C2=O)CCC(=O)NC1=O.[2H][C@]1(N2Cc3ccccc3C2=O)CCC(=O)NC1=O. The van der Waals surface area contributed by atoms with E-state index in [-0.39, 0.29) is 103 Å². The number of amides is 9. The predicted molar refractivity (Wildman–Crippen MR) is 317 cm³/mol. The zero-order valence-electron chi connectivity index (χ0n) is 50.5. The van der Waals surface area contributed by atoms with Gasteiger partial charge in [-0.2, -0.15) is 0 Å². The molecule has 0 spiro atoms. The van der Waals surface area contributed by atoms with E-state index in [0.29, 0.717) is 16.7 Å². The number of imide groups is 3. The number of rotatable bonds is 3. The monoisotopic (exact) mass is 1100 g/mol. The molecule has 16 heteroatoms. The van der Waals surface area contributed by atoms with Gasteiger partial charge in [0.2, 0.25) is 35.4 Å². The van der Waals surface area contributed by atoms with Crippen LogP contribution in [0.4, 0.5) is 4.70 Å². The second-order valence-electron chi connectivity index (χ2n) is 17.4. The highest BCUT2D eigenvalue weighted by Gasteiger charge is 2.41. The minimum Gasteiger partial charge on any atom is -0.322 e. The van der Waals surface area contributed by atoms with Crippen molar-refractivity contribution in [2.45, 2.75) is 234 Å². The molecule has 0 radical (unpaired) electrons. The van der Waals surface area contributed by atoms with E-state index in [0.717, 1.165) is 16.7 Å². The number of nitrogens with zero attached hydrogens (tertiary/aromatic N) is 3. The lowest BCUT2D eigenvalue weighted by atomic mass is 10.0. The van der Waals surface area contributed by atoms with Gasteiger partial charge < -0.3 is 14.7 Å². The number of carbonyl (C=O) groups is 9. The standard InChI is InChI=1S/3C13H12N2O3.6C3H8.C2H6.3CH4.FH/c3*16-11-6-5-10(12(17)14-11)15-7-8-3-1-2-4-9(8)13(15)18;6*1-3-2;1-2;;;;/h3*1-4,10H,5-7H2,(H,14,16,17);6*3H2,1-2H3;1-2H3;3*1H4;1H/t2*10-;;;;;;;;;;;;/m10............/s1/i3*10D;;;;;;;;;;;. The molecule has 3 fully saturated rings. The van der Waals surface area contributed by atoms with Gasteiger partial charge in [-0.15, -0.1) is 0 Å². The van der Waals surface area contributed by atoms with E-state index in [1.807, 2.05) is 50.2 Å². The van der Waals surface area contributed by atoms with E-state index in [9.17, 15) is 43.2 Å². The van der Waals surface area contributed by atoms with Crippen molar-refractivity contribution < 1.29 is 52.0 Å². The van der Waals surface area contributed by atoms with Gasteiger partial charge in [0.15, 0.2) is 0 Å². The highest BCUT2D eigenvalue weighted by Crippen LogP contribution is 2.29. The second kappa shape index (κ2) is 45.4. The molecule has 0 aromatic heterocycles. The molecule has 6 heterocycles. The van der Waals surface area contributed by atoms with Gasteiger partial charge in [-0.1, -0.05) is 212 Å². The molecule has 3 aromatic rings. The Kier molecular flexibility index (Phi) is 42.8. The first-order valence-electron chi connectivity index (χ1n) is 28.3. The minimum absolute atomic E-state index is 0. The summed E-state index contributed by atoms with van der Waals surface area (Å²) in [6, 6.07) is 16.1.